The number of nitrogens with zero attached hydrogens (tertiary/aromatic N) is 4. The molecule has 5 N–H and O–H groups in total. The number of carbonyl (C=O) groups excluding carboxylic acids is 1. The number of phenolic OH excluding ortho intramolecular Hbond substituents is 2. The molecule has 0 radical (unpaired) electrons. The van der Waals surface area contributed by atoms with Crippen LogP contribution in [0.1, 0.15) is 27.5 Å². The van der Waals surface area contributed by atoms with Crippen LogP contribution in [0.5, 0.6) is 11.5 Å². The predicted molar refractivity (Wildman–Crippen MR) is 233 cm³/mol. The Bertz CT molecular complexity index is 2860. The first-order valence-corrected chi connectivity index (χ1v) is 19.3. The second-order valence-corrected chi connectivity index (χ2v) is 14.7. The van der Waals surface area contributed by atoms with Crippen molar-refractivity contribution < 1.29 is 32.6 Å². The molecule has 8 aromatic rings. The number of rotatable bonds is 5. The number of carbonyl (C=O) groups is 1. The zero-order valence-electron chi connectivity index (χ0n) is 30.6. The van der Waals surface area contributed by atoms with Gasteiger partial charge in [0.2, 0.25) is 0 Å². The van der Waals surface area contributed by atoms with Crippen LogP contribution in [0.3, 0.4) is 0 Å². The highest BCUT2D eigenvalue weighted by Crippen LogP contribution is 2.42. The number of aromatic hydroxyl groups is 2. The Balaban J connectivity index is 0.000000184. The van der Waals surface area contributed by atoms with Gasteiger partial charge in [-0.3, -0.25) is 14.8 Å². The van der Waals surface area contributed by atoms with Crippen molar-refractivity contribution in [1.82, 2.24) is 19.9 Å². The van der Waals surface area contributed by atoms with Crippen LogP contribution < -0.4 is 11.1 Å². The average Bonchev–Trinajstić information content (AvgIpc) is 3.23. The van der Waals surface area contributed by atoms with E-state index >= 15 is 0 Å². The molecule has 4 aromatic carbocycles. The highest BCUT2D eigenvalue weighted by atomic mass is 35.5. The van der Waals surface area contributed by atoms with Crippen molar-refractivity contribution in [3.63, 3.8) is 0 Å². The van der Waals surface area contributed by atoms with Gasteiger partial charge in [0.15, 0.2) is 29.6 Å². The molecule has 0 saturated heterocycles. The number of halogens is 10. The van der Waals surface area contributed by atoms with E-state index in [0.29, 0.717) is 61.6 Å². The maximum Gasteiger partial charge on any atom is 0.168 e. The number of para-hydroxylation sites is 1. The van der Waals surface area contributed by atoms with Crippen LogP contribution in [0.4, 0.5) is 29.2 Å². The van der Waals surface area contributed by atoms with Crippen LogP contribution >= 0.6 is 69.6 Å². The van der Waals surface area contributed by atoms with Gasteiger partial charge in [0.05, 0.1) is 38.5 Å². The summed E-state index contributed by atoms with van der Waals surface area (Å²) in [7, 11) is 0. The number of nitrogen functional groups attached to an aromatic ring is 1. The first-order valence-electron chi connectivity index (χ1n) is 17.1. The Morgan fingerprint density at radius 3 is 1.80 bits per heavy atom. The third-order valence-electron chi connectivity index (χ3n) is 8.11. The monoisotopic (exact) mass is 948 g/mol. The number of phenols is 2. The lowest BCUT2D eigenvalue weighted by Crippen LogP contribution is -2.16. The van der Waals surface area contributed by atoms with Gasteiger partial charge in [0.1, 0.15) is 34.2 Å². The molecule has 0 aliphatic rings. The number of anilines is 2. The van der Waals surface area contributed by atoms with Crippen LogP contribution in [0.2, 0.25) is 30.1 Å². The topological polar surface area (TPSA) is 147 Å². The molecule has 0 aliphatic heterocycles. The smallest absolute Gasteiger partial charge is 0.168 e. The molecule has 61 heavy (non-hydrogen) atoms. The molecule has 19 heteroatoms. The van der Waals surface area contributed by atoms with E-state index in [-0.39, 0.29) is 43.2 Å². The quantitative estimate of drug-likeness (QED) is 0.0752. The van der Waals surface area contributed by atoms with E-state index in [2.05, 4.69) is 25.3 Å². The maximum absolute atomic E-state index is 14.3. The minimum Gasteiger partial charge on any atom is -0.506 e. The largest absolute Gasteiger partial charge is 0.506 e. The van der Waals surface area contributed by atoms with Crippen molar-refractivity contribution in [1.29, 1.82) is 0 Å². The second kappa shape index (κ2) is 21.2. The Labute approximate surface area is 374 Å². The SMILES string of the molecule is Nc1ncc(F)cc1F.O=Cc1cc(Cl)cc(Cl)c1Cl.Oc1c(C(Nc2ncc(F)cc2F)c2cc(Cl)cc(Cl)c2Cl)ccc2cccnc12.Oc1cccc2cccnc12. The van der Waals surface area contributed by atoms with Crippen molar-refractivity contribution in [3.8, 4) is 11.5 Å². The molecule has 1 atom stereocenters. The number of hydrogen-bond donors (Lipinski definition) is 4. The molecule has 0 aliphatic carbocycles. The standard InChI is InChI=1S/C21H12Cl3F2N3O.C9H7NO.C7H3Cl3O.C5H4F2N2/c22-11-6-14(17(24)15(23)7-11)19(29-21-16(26)8-12(25)9-28-21)13-4-3-10-2-1-5-27-18(10)20(13)30;11-8-5-1-3-7-4-2-6-10-9(7)8;8-5-1-4(3-11)7(10)6(9)2-5;6-3-1-4(7)5(8)9-2-3/h1-9,19,30H,(H,28,29);1-6,11H;1-3H;1-2H,(H2,8,9). The summed E-state index contributed by atoms with van der Waals surface area (Å²) >= 11 is 35.6. The lowest BCUT2D eigenvalue weighted by molar-refractivity contribution is 0.112. The van der Waals surface area contributed by atoms with Gasteiger partial charge >= 0.3 is 0 Å². The Kier molecular flexibility index (Phi) is 16.1. The minimum atomic E-state index is -0.924. The Hall–Kier alpha value is -5.67. The van der Waals surface area contributed by atoms with Crippen LogP contribution in [0, 0.1) is 23.3 Å². The fraction of sp³-hybridized carbons (Fsp3) is 0.0238. The summed E-state index contributed by atoms with van der Waals surface area (Å²) in [6, 6.07) is 22.4. The van der Waals surface area contributed by atoms with Crippen molar-refractivity contribution in [3.05, 3.63) is 186 Å². The summed E-state index contributed by atoms with van der Waals surface area (Å²) in [6.07, 6.45) is 5.55. The van der Waals surface area contributed by atoms with Gasteiger partial charge < -0.3 is 21.3 Å². The lowest BCUT2D eigenvalue weighted by Gasteiger charge is -2.23. The first kappa shape index (κ1) is 46.4. The molecule has 0 amide bonds. The molecule has 0 spiro atoms. The molecule has 9 nitrogen and oxygen atoms in total. The molecule has 0 saturated carbocycles. The number of pyridine rings is 4. The average molecular weight is 951 g/mol. The second-order valence-electron chi connectivity index (χ2n) is 12.2. The van der Waals surface area contributed by atoms with E-state index in [1.54, 1.807) is 48.8 Å². The van der Waals surface area contributed by atoms with Crippen molar-refractivity contribution in [2.45, 2.75) is 6.04 Å². The number of aromatic nitrogens is 4. The molecule has 4 heterocycles. The van der Waals surface area contributed by atoms with E-state index in [0.717, 1.165) is 17.8 Å². The number of benzene rings is 4. The van der Waals surface area contributed by atoms with E-state index in [4.69, 9.17) is 75.3 Å². The summed E-state index contributed by atoms with van der Waals surface area (Å²) < 4.78 is 51.8. The first-order chi connectivity index (χ1) is 29.1. The molecule has 4 aromatic heterocycles. The molecule has 1 unspecified atom stereocenters. The minimum absolute atomic E-state index is 0.139. The highest BCUT2D eigenvalue weighted by Gasteiger charge is 2.25. The fourth-order valence-corrected chi connectivity index (χ4v) is 6.71. The van der Waals surface area contributed by atoms with Gasteiger partial charge in [-0.1, -0.05) is 106 Å². The van der Waals surface area contributed by atoms with Gasteiger partial charge in [-0.15, -0.1) is 0 Å². The fourth-order valence-electron chi connectivity index (χ4n) is 5.32. The summed E-state index contributed by atoms with van der Waals surface area (Å²) in [6.45, 7) is 0. The van der Waals surface area contributed by atoms with Crippen molar-refractivity contribution in [2.24, 2.45) is 0 Å². The van der Waals surface area contributed by atoms with Gasteiger partial charge in [0, 0.05) is 62.0 Å². The van der Waals surface area contributed by atoms with E-state index in [1.165, 1.54) is 24.3 Å². The summed E-state index contributed by atoms with van der Waals surface area (Å²) in [5.41, 5.74) is 6.95. The number of nitrogens with two attached hydrogens (primary N) is 1. The van der Waals surface area contributed by atoms with E-state index in [1.807, 2.05) is 18.2 Å². The van der Waals surface area contributed by atoms with Crippen LogP contribution in [0.15, 0.2) is 116 Å². The third kappa shape index (κ3) is 12.0. The Morgan fingerprint density at radius 2 is 1.20 bits per heavy atom. The number of nitrogens with one attached hydrogen (secondary N) is 1. The zero-order chi connectivity index (χ0) is 44.4. The predicted octanol–water partition coefficient (Wildman–Crippen LogP) is 13.1. The van der Waals surface area contributed by atoms with Gasteiger partial charge in [-0.25, -0.2) is 27.5 Å². The van der Waals surface area contributed by atoms with Crippen molar-refractivity contribution in [2.75, 3.05) is 11.1 Å². The van der Waals surface area contributed by atoms with Crippen LogP contribution in [-0.2, 0) is 0 Å². The number of aldehydes is 1. The zero-order valence-corrected chi connectivity index (χ0v) is 35.1. The third-order valence-corrected chi connectivity index (χ3v) is 10.2. The lowest BCUT2D eigenvalue weighted by atomic mass is 9.96. The highest BCUT2D eigenvalue weighted by molar-refractivity contribution is 6.45. The van der Waals surface area contributed by atoms with Gasteiger partial charge in [-0.05, 0) is 42.5 Å². The summed E-state index contributed by atoms with van der Waals surface area (Å²) in [4.78, 5) is 25.5. The van der Waals surface area contributed by atoms with E-state index < -0.39 is 29.3 Å². The van der Waals surface area contributed by atoms with Gasteiger partial charge in [0.25, 0.3) is 0 Å². The molecule has 0 bridgehead atoms. The summed E-state index contributed by atoms with van der Waals surface area (Å²) in [5.74, 6) is -3.70. The molecule has 0 fully saturated rings. The molecular formula is C42H26Cl6F4N6O3. The molecular weight excluding hydrogens is 925 g/mol. The van der Waals surface area contributed by atoms with Crippen molar-refractivity contribution >= 4 is 109 Å². The van der Waals surface area contributed by atoms with Gasteiger partial charge in [-0.2, -0.15) is 0 Å². The van der Waals surface area contributed by atoms with Crippen LogP contribution in [-0.4, -0.2) is 36.4 Å². The van der Waals surface area contributed by atoms with E-state index in [9.17, 15) is 32.6 Å². The molecule has 8 rings (SSSR count). The van der Waals surface area contributed by atoms with Crippen LogP contribution in [0.25, 0.3) is 21.8 Å². The number of hydrogen-bond acceptors (Lipinski definition) is 9. The summed E-state index contributed by atoms with van der Waals surface area (Å²) in [5, 5.41) is 26.3. The maximum atomic E-state index is 14.3. The number of fused-ring (bicyclic) bond motifs is 2. The molecule has 312 valence electrons. The Morgan fingerprint density at radius 1 is 0.623 bits per heavy atom. The normalized spacial score (nSPS) is 11.0.